The van der Waals surface area contributed by atoms with Crippen LogP contribution in [0.1, 0.15) is 17.2 Å². The summed E-state index contributed by atoms with van der Waals surface area (Å²) < 4.78 is 19.3. The maximum atomic E-state index is 13.5. The molecule has 0 bridgehead atoms. The number of nitrogens with two attached hydrogens (primary N) is 1. The Hall–Kier alpha value is -1.17. The van der Waals surface area contributed by atoms with Crippen LogP contribution in [-0.4, -0.2) is 0 Å². The quantitative estimate of drug-likeness (QED) is 0.674. The van der Waals surface area contributed by atoms with Crippen LogP contribution >= 0.6 is 15.9 Å². The van der Waals surface area contributed by atoms with Crippen molar-refractivity contribution in [1.29, 1.82) is 0 Å². The van der Waals surface area contributed by atoms with Crippen molar-refractivity contribution in [3.8, 4) is 0 Å². The molecule has 3 N–H and O–H groups in total. The summed E-state index contributed by atoms with van der Waals surface area (Å²) in [5, 5.41) is 0. The third-order valence-corrected chi connectivity index (χ3v) is 3.25. The van der Waals surface area contributed by atoms with Gasteiger partial charge in [-0.15, -0.1) is 0 Å². The molecule has 0 aliphatic carbocycles. The molecule has 1 aromatic carbocycles. The molecule has 1 heterocycles. The van der Waals surface area contributed by atoms with Gasteiger partial charge in [-0.05, 0) is 40.0 Å². The van der Waals surface area contributed by atoms with Crippen LogP contribution in [0.3, 0.4) is 0 Å². The molecule has 0 aliphatic rings. The zero-order valence-corrected chi connectivity index (χ0v) is 10.6. The molecule has 90 valence electrons. The van der Waals surface area contributed by atoms with Crippen LogP contribution in [-0.2, 0) is 6.42 Å². The molecule has 3 nitrogen and oxygen atoms in total. The van der Waals surface area contributed by atoms with Crippen molar-refractivity contribution in [3.63, 3.8) is 0 Å². The van der Waals surface area contributed by atoms with Gasteiger partial charge in [-0.3, -0.25) is 11.3 Å². The van der Waals surface area contributed by atoms with E-state index in [1.807, 2.05) is 0 Å². The lowest BCUT2D eigenvalue weighted by Gasteiger charge is -2.15. The predicted molar refractivity (Wildman–Crippen MR) is 66.6 cm³/mol. The molecule has 2 aromatic rings. The molecule has 5 heteroatoms. The highest BCUT2D eigenvalue weighted by atomic mass is 79.9. The van der Waals surface area contributed by atoms with Gasteiger partial charge in [-0.2, -0.15) is 0 Å². The first-order valence-electron chi connectivity index (χ1n) is 5.14. The summed E-state index contributed by atoms with van der Waals surface area (Å²) >= 11 is 3.28. The third-order valence-electron chi connectivity index (χ3n) is 2.60. The zero-order chi connectivity index (χ0) is 12.3. The maximum Gasteiger partial charge on any atom is 0.173 e. The summed E-state index contributed by atoms with van der Waals surface area (Å²) in [7, 11) is 0. The summed E-state index contributed by atoms with van der Waals surface area (Å²) in [4.78, 5) is 0. The molecule has 0 aliphatic heterocycles. The van der Waals surface area contributed by atoms with Crippen molar-refractivity contribution in [2.24, 2.45) is 5.84 Å². The second-order valence-electron chi connectivity index (χ2n) is 3.66. The first-order chi connectivity index (χ1) is 8.22. The summed E-state index contributed by atoms with van der Waals surface area (Å²) in [6, 6.07) is 8.25. The largest absolute Gasteiger partial charge is 0.457 e. The highest BCUT2D eigenvalue weighted by Crippen LogP contribution is 2.27. The average Bonchev–Trinajstić information content (AvgIpc) is 2.75. The highest BCUT2D eigenvalue weighted by Gasteiger charge is 2.17. The number of hydrazine groups is 1. The Kier molecular flexibility index (Phi) is 3.93. The van der Waals surface area contributed by atoms with E-state index in [1.165, 1.54) is 6.07 Å². The van der Waals surface area contributed by atoms with E-state index in [0.29, 0.717) is 16.7 Å². The lowest BCUT2D eigenvalue weighted by atomic mass is 10.0. The minimum Gasteiger partial charge on any atom is -0.457 e. The van der Waals surface area contributed by atoms with Crippen molar-refractivity contribution >= 4 is 15.9 Å². The van der Waals surface area contributed by atoms with Crippen LogP contribution in [0.15, 0.2) is 45.7 Å². The normalized spacial score (nSPS) is 12.6. The number of hydrogen-bond donors (Lipinski definition) is 2. The molecule has 0 saturated heterocycles. The van der Waals surface area contributed by atoms with Gasteiger partial charge in [0.15, 0.2) is 4.67 Å². The van der Waals surface area contributed by atoms with Crippen molar-refractivity contribution < 1.29 is 8.81 Å². The molecule has 2 rings (SSSR count). The molecular formula is C12H12BrFN2O. The van der Waals surface area contributed by atoms with Crippen molar-refractivity contribution in [1.82, 2.24) is 5.43 Å². The van der Waals surface area contributed by atoms with Gasteiger partial charge in [0.25, 0.3) is 0 Å². The molecule has 1 aromatic heterocycles. The van der Waals surface area contributed by atoms with E-state index in [0.717, 1.165) is 5.56 Å². The minimum absolute atomic E-state index is 0.194. The van der Waals surface area contributed by atoms with Gasteiger partial charge in [0, 0.05) is 5.56 Å². The minimum atomic E-state index is -0.229. The molecule has 0 spiro atoms. The highest BCUT2D eigenvalue weighted by molar-refractivity contribution is 9.10. The van der Waals surface area contributed by atoms with Crippen LogP contribution in [0.4, 0.5) is 4.39 Å². The first kappa shape index (κ1) is 12.3. The Labute approximate surface area is 107 Å². The topological polar surface area (TPSA) is 51.2 Å². The van der Waals surface area contributed by atoms with Gasteiger partial charge in [0.1, 0.15) is 5.82 Å². The summed E-state index contributed by atoms with van der Waals surface area (Å²) in [5.41, 5.74) is 4.15. The van der Waals surface area contributed by atoms with Crippen molar-refractivity contribution in [2.75, 3.05) is 0 Å². The number of rotatable bonds is 4. The van der Waals surface area contributed by atoms with Gasteiger partial charge >= 0.3 is 0 Å². The van der Waals surface area contributed by atoms with E-state index in [9.17, 15) is 4.39 Å². The number of halogens is 2. The van der Waals surface area contributed by atoms with Gasteiger partial charge in [0.05, 0.1) is 12.3 Å². The standard InChI is InChI=1S/C12H12BrFN2O/c13-12-9(5-6-17-12)11(16-15)7-8-3-1-2-4-10(8)14/h1-6,11,16H,7,15H2. The Morgan fingerprint density at radius 2 is 2.12 bits per heavy atom. The molecule has 1 atom stereocenters. The molecule has 1 unspecified atom stereocenters. The summed E-state index contributed by atoms with van der Waals surface area (Å²) in [5.74, 6) is 5.27. The van der Waals surface area contributed by atoms with Gasteiger partial charge in [-0.25, -0.2) is 4.39 Å². The Morgan fingerprint density at radius 3 is 2.71 bits per heavy atom. The molecule has 17 heavy (non-hydrogen) atoms. The van der Waals surface area contributed by atoms with Crippen LogP contribution < -0.4 is 11.3 Å². The Balaban J connectivity index is 2.22. The van der Waals surface area contributed by atoms with E-state index in [-0.39, 0.29) is 11.9 Å². The van der Waals surface area contributed by atoms with Crippen LogP contribution in [0.2, 0.25) is 0 Å². The number of furan rings is 1. The Morgan fingerprint density at radius 1 is 1.35 bits per heavy atom. The second-order valence-corrected chi connectivity index (χ2v) is 4.38. The number of benzene rings is 1. The fourth-order valence-corrected chi connectivity index (χ4v) is 2.21. The third kappa shape index (κ3) is 2.74. The Bertz CT molecular complexity index is 501. The van der Waals surface area contributed by atoms with E-state index in [1.54, 1.807) is 30.5 Å². The van der Waals surface area contributed by atoms with Crippen molar-refractivity contribution in [2.45, 2.75) is 12.5 Å². The van der Waals surface area contributed by atoms with E-state index >= 15 is 0 Å². The fraction of sp³-hybridized carbons (Fsp3) is 0.167. The van der Waals surface area contributed by atoms with Crippen LogP contribution in [0.25, 0.3) is 0 Å². The second kappa shape index (κ2) is 5.44. The van der Waals surface area contributed by atoms with Gasteiger partial charge in [0.2, 0.25) is 0 Å². The van der Waals surface area contributed by atoms with E-state index < -0.39 is 0 Å². The van der Waals surface area contributed by atoms with Crippen LogP contribution in [0, 0.1) is 5.82 Å². The maximum absolute atomic E-state index is 13.5. The molecule has 0 amide bonds. The van der Waals surface area contributed by atoms with Gasteiger partial charge < -0.3 is 4.42 Å². The van der Waals surface area contributed by atoms with Crippen molar-refractivity contribution in [3.05, 3.63) is 58.2 Å². The fourth-order valence-electron chi connectivity index (χ4n) is 1.70. The SMILES string of the molecule is NNC(Cc1ccccc1F)c1ccoc1Br. The first-order valence-corrected chi connectivity index (χ1v) is 5.94. The smallest absolute Gasteiger partial charge is 0.173 e. The summed E-state index contributed by atoms with van der Waals surface area (Å²) in [6.07, 6.45) is 2.02. The zero-order valence-electron chi connectivity index (χ0n) is 8.99. The molecule has 0 fully saturated rings. The predicted octanol–water partition coefficient (Wildman–Crippen LogP) is 2.93. The average molecular weight is 299 g/mol. The number of hydrogen-bond acceptors (Lipinski definition) is 3. The van der Waals surface area contributed by atoms with Crippen LogP contribution in [0.5, 0.6) is 0 Å². The molecule has 0 radical (unpaired) electrons. The number of nitrogens with one attached hydrogen (secondary N) is 1. The monoisotopic (exact) mass is 298 g/mol. The molecular weight excluding hydrogens is 287 g/mol. The summed E-state index contributed by atoms with van der Waals surface area (Å²) in [6.45, 7) is 0. The van der Waals surface area contributed by atoms with Gasteiger partial charge in [-0.1, -0.05) is 18.2 Å². The van der Waals surface area contributed by atoms with E-state index in [2.05, 4.69) is 21.4 Å². The lowest BCUT2D eigenvalue weighted by Crippen LogP contribution is -2.29. The molecule has 0 saturated carbocycles. The lowest BCUT2D eigenvalue weighted by molar-refractivity contribution is 0.499. The van der Waals surface area contributed by atoms with E-state index in [4.69, 9.17) is 10.3 Å².